The number of unbranched alkanes of at least 4 members (excludes halogenated alkanes) is 4. The summed E-state index contributed by atoms with van der Waals surface area (Å²) in [5, 5.41) is 34.6. The number of hydroxylamine groups is 3. The van der Waals surface area contributed by atoms with E-state index < -0.39 is 28.7 Å². The number of rotatable bonds is 19. The molecule has 230 valence electrons. The molecular formula is C31H44N3O8+. The van der Waals surface area contributed by atoms with E-state index in [-0.39, 0.29) is 25.4 Å². The van der Waals surface area contributed by atoms with E-state index in [4.69, 9.17) is 9.57 Å². The third-order valence-electron chi connectivity index (χ3n) is 7.14. The number of benzene rings is 2. The summed E-state index contributed by atoms with van der Waals surface area (Å²) in [6.07, 6.45) is 6.20. The van der Waals surface area contributed by atoms with Crippen molar-refractivity contribution in [3.63, 3.8) is 0 Å². The van der Waals surface area contributed by atoms with E-state index >= 15 is 0 Å². The quantitative estimate of drug-likeness (QED) is 0.0949. The van der Waals surface area contributed by atoms with E-state index in [9.17, 15) is 29.7 Å². The zero-order chi connectivity index (χ0) is 30.4. The normalized spacial score (nSPS) is 17.3. The van der Waals surface area contributed by atoms with E-state index in [2.05, 4.69) is 10.6 Å². The van der Waals surface area contributed by atoms with Crippen LogP contribution in [0.25, 0.3) is 0 Å². The largest absolute Gasteiger partial charge is 0.508 e. The Kier molecular flexibility index (Phi) is 13.4. The van der Waals surface area contributed by atoms with Gasteiger partial charge in [-0.25, -0.2) is 14.9 Å². The number of carbonyl (C=O) groups is 3. The van der Waals surface area contributed by atoms with Crippen LogP contribution in [0, 0.1) is 0 Å². The van der Waals surface area contributed by atoms with Gasteiger partial charge in [0, 0.05) is 37.8 Å². The lowest BCUT2D eigenvalue weighted by Crippen LogP contribution is -2.50. The number of urea groups is 1. The van der Waals surface area contributed by atoms with Gasteiger partial charge in [-0.1, -0.05) is 43.2 Å². The first-order valence-corrected chi connectivity index (χ1v) is 14.6. The van der Waals surface area contributed by atoms with Crippen LogP contribution >= 0.6 is 0 Å². The highest BCUT2D eigenvalue weighted by Gasteiger charge is 2.51. The van der Waals surface area contributed by atoms with Gasteiger partial charge in [-0.2, -0.15) is 0 Å². The molecular weight excluding hydrogens is 542 g/mol. The molecule has 0 saturated carbocycles. The molecule has 0 aliphatic carbocycles. The molecule has 3 amide bonds. The summed E-state index contributed by atoms with van der Waals surface area (Å²) >= 11 is 0. The predicted octanol–water partition coefficient (Wildman–Crippen LogP) is 3.15. The van der Waals surface area contributed by atoms with Gasteiger partial charge >= 0.3 is 12.0 Å². The van der Waals surface area contributed by atoms with Crippen molar-refractivity contribution < 1.29 is 43.9 Å². The van der Waals surface area contributed by atoms with Crippen LogP contribution in [0.4, 0.5) is 4.79 Å². The first-order chi connectivity index (χ1) is 20.2. The minimum Gasteiger partial charge on any atom is -0.508 e. The van der Waals surface area contributed by atoms with Crippen molar-refractivity contribution in [1.29, 1.82) is 0 Å². The summed E-state index contributed by atoms with van der Waals surface area (Å²) in [7, 11) is 0. The lowest BCUT2D eigenvalue weighted by atomic mass is 10.0. The fraction of sp³-hybridized carbons (Fsp3) is 0.516. The fourth-order valence-electron chi connectivity index (χ4n) is 4.96. The molecule has 5 N–H and O–H groups in total. The Morgan fingerprint density at radius 1 is 1.02 bits per heavy atom. The number of nitrogens with one attached hydrogen (secondary N) is 2. The molecule has 3 rings (SSSR count). The number of aliphatic hydroxyl groups is 2. The molecule has 2 aromatic carbocycles. The summed E-state index contributed by atoms with van der Waals surface area (Å²) in [6.45, 7) is 3.46. The third kappa shape index (κ3) is 10.5. The maximum atomic E-state index is 12.3. The Balaban J connectivity index is 1.21. The lowest BCUT2D eigenvalue weighted by molar-refractivity contribution is -1.02. The van der Waals surface area contributed by atoms with E-state index in [1.54, 1.807) is 12.1 Å². The highest BCUT2D eigenvalue weighted by molar-refractivity contribution is 5.97. The van der Waals surface area contributed by atoms with E-state index in [0.29, 0.717) is 24.3 Å². The van der Waals surface area contributed by atoms with Crippen LogP contribution in [0.15, 0.2) is 42.5 Å². The second kappa shape index (κ2) is 16.9. The topological polar surface area (TPSA) is 154 Å². The van der Waals surface area contributed by atoms with Gasteiger partial charge in [0.1, 0.15) is 5.75 Å². The van der Waals surface area contributed by atoms with Crippen LogP contribution < -0.4 is 10.6 Å². The first-order valence-electron chi connectivity index (χ1n) is 14.6. The van der Waals surface area contributed by atoms with Crippen LogP contribution in [0.1, 0.15) is 73.8 Å². The minimum atomic E-state index is -0.696. The summed E-state index contributed by atoms with van der Waals surface area (Å²) in [5.41, 5.74) is 2.99. The average molecular weight is 587 g/mol. The summed E-state index contributed by atoms with van der Waals surface area (Å²) in [6, 6.07) is 11.9. The van der Waals surface area contributed by atoms with Crippen LogP contribution in [0.5, 0.6) is 5.75 Å². The molecule has 1 aliphatic rings. The molecule has 0 bridgehead atoms. The smallest absolute Gasteiger partial charge is 0.465 e. The number of quaternary nitrogens is 1. The minimum absolute atomic E-state index is 0.0257. The predicted molar refractivity (Wildman–Crippen MR) is 155 cm³/mol. The SMILES string of the molecule is CC(=O)O[N+]1(Cc2cccc(CCCCOCCCCCCNCC(O)c3ccc(O)c(CO)c3)c2)CC(=O)NC1=O. The van der Waals surface area contributed by atoms with Crippen molar-refractivity contribution in [3.8, 4) is 5.75 Å². The van der Waals surface area contributed by atoms with Crippen molar-refractivity contribution in [3.05, 3.63) is 64.7 Å². The lowest BCUT2D eigenvalue weighted by Gasteiger charge is -2.24. The highest BCUT2D eigenvalue weighted by atomic mass is 16.8. The summed E-state index contributed by atoms with van der Waals surface area (Å²) < 4.78 is 5.08. The highest BCUT2D eigenvalue weighted by Crippen LogP contribution is 2.23. The fourth-order valence-corrected chi connectivity index (χ4v) is 4.96. The molecule has 1 fully saturated rings. The second-order valence-electron chi connectivity index (χ2n) is 10.7. The van der Waals surface area contributed by atoms with Gasteiger partial charge in [-0.3, -0.25) is 9.63 Å². The average Bonchev–Trinajstić information content (AvgIpc) is 3.22. The Labute approximate surface area is 247 Å². The van der Waals surface area contributed by atoms with Crippen molar-refractivity contribution >= 4 is 17.9 Å². The summed E-state index contributed by atoms with van der Waals surface area (Å²) in [4.78, 5) is 40.9. The standard InChI is InChI=1S/C31H43N3O8/c1-23(36)42-34(21-30(39)33-31(34)40)20-25-11-8-10-24(17-25)9-4-7-16-41-15-6-3-2-5-14-32-19-29(38)26-12-13-28(37)27(18-26)22-35/h8,10-13,17-18,29,32,35,38H,2-7,9,14-16,19-22H2,1H3,(H-,33,37,39,40)/p+1. The molecule has 1 heterocycles. The molecule has 0 radical (unpaired) electrons. The molecule has 11 nitrogen and oxygen atoms in total. The van der Waals surface area contributed by atoms with E-state index in [1.165, 1.54) is 13.0 Å². The molecule has 11 heteroatoms. The number of nitrogens with zero attached hydrogens (tertiary/aromatic N) is 1. The molecule has 1 aliphatic heterocycles. The number of amides is 3. The molecule has 2 unspecified atom stereocenters. The van der Waals surface area contributed by atoms with Crippen LogP contribution in [-0.2, 0) is 38.7 Å². The Bertz CT molecular complexity index is 1190. The van der Waals surface area contributed by atoms with Crippen molar-refractivity contribution in [2.45, 2.75) is 71.1 Å². The number of aliphatic hydroxyl groups excluding tert-OH is 2. The maximum Gasteiger partial charge on any atom is 0.465 e. The number of carbonyl (C=O) groups excluding carboxylic acids is 3. The van der Waals surface area contributed by atoms with E-state index in [0.717, 1.165) is 69.2 Å². The van der Waals surface area contributed by atoms with Gasteiger partial charge in [-0.15, -0.1) is 0 Å². The number of phenols is 1. The zero-order valence-electron chi connectivity index (χ0n) is 24.3. The molecule has 42 heavy (non-hydrogen) atoms. The Hall–Kier alpha value is -3.35. The Morgan fingerprint density at radius 3 is 2.48 bits per heavy atom. The zero-order valence-corrected chi connectivity index (χ0v) is 24.3. The van der Waals surface area contributed by atoms with Crippen LogP contribution in [0.3, 0.4) is 0 Å². The summed E-state index contributed by atoms with van der Waals surface area (Å²) in [5.74, 6) is -1.06. The number of hydrogen-bond donors (Lipinski definition) is 5. The molecule has 2 aromatic rings. The van der Waals surface area contributed by atoms with Crippen LogP contribution in [0.2, 0.25) is 0 Å². The molecule has 0 spiro atoms. The van der Waals surface area contributed by atoms with Gasteiger partial charge < -0.3 is 25.4 Å². The molecule has 2 atom stereocenters. The Morgan fingerprint density at radius 2 is 1.76 bits per heavy atom. The maximum absolute atomic E-state index is 12.3. The second-order valence-corrected chi connectivity index (χ2v) is 10.7. The van der Waals surface area contributed by atoms with Crippen LogP contribution in [-0.4, -0.2) is 70.7 Å². The molecule has 1 saturated heterocycles. The van der Waals surface area contributed by atoms with Crippen molar-refractivity contribution in [2.24, 2.45) is 0 Å². The molecule has 0 aromatic heterocycles. The number of aromatic hydroxyl groups is 1. The van der Waals surface area contributed by atoms with Gasteiger partial charge in [0.05, 0.1) is 12.7 Å². The van der Waals surface area contributed by atoms with Gasteiger partial charge in [-0.05, 0) is 66.6 Å². The number of imide groups is 1. The van der Waals surface area contributed by atoms with Gasteiger partial charge in [0.25, 0.3) is 5.91 Å². The number of hydrogen-bond acceptors (Lipinski definition) is 9. The van der Waals surface area contributed by atoms with Crippen molar-refractivity contribution in [2.75, 3.05) is 32.8 Å². The van der Waals surface area contributed by atoms with Gasteiger partial charge in [0.15, 0.2) is 6.54 Å². The van der Waals surface area contributed by atoms with Crippen molar-refractivity contribution in [1.82, 2.24) is 10.6 Å². The number of ether oxygens (including phenoxy) is 1. The van der Waals surface area contributed by atoms with E-state index in [1.807, 2.05) is 24.3 Å². The first kappa shape index (κ1) is 33.2. The number of aryl methyl sites for hydroxylation is 1. The monoisotopic (exact) mass is 586 g/mol. The third-order valence-corrected chi connectivity index (χ3v) is 7.14. The van der Waals surface area contributed by atoms with Gasteiger partial charge in [0.2, 0.25) is 6.54 Å².